The van der Waals surface area contributed by atoms with Crippen LogP contribution in [0.25, 0.3) is 99.3 Å². The number of benzene rings is 7. The van der Waals surface area contributed by atoms with Gasteiger partial charge in [-0.2, -0.15) is 0 Å². The molecule has 0 saturated carbocycles. The summed E-state index contributed by atoms with van der Waals surface area (Å²) in [6, 6.07) is 48.2. The normalized spacial score (nSPS) is 11.8. The van der Waals surface area contributed by atoms with Crippen molar-refractivity contribution in [2.24, 2.45) is 0 Å². The van der Waals surface area contributed by atoms with E-state index in [4.69, 9.17) is 24.4 Å². The van der Waals surface area contributed by atoms with Crippen molar-refractivity contribution < 1.29 is 4.42 Å². The zero-order valence-corrected chi connectivity index (χ0v) is 25.1. The molecule has 0 aliphatic carbocycles. The summed E-state index contributed by atoms with van der Waals surface area (Å²) < 4.78 is 6.55. The maximum absolute atomic E-state index is 6.55. The summed E-state index contributed by atoms with van der Waals surface area (Å²) in [5.41, 5.74) is 5.04. The van der Waals surface area contributed by atoms with Crippen LogP contribution in [0.5, 0.6) is 0 Å². The van der Waals surface area contributed by atoms with Gasteiger partial charge < -0.3 is 4.42 Å². The number of hydrogen-bond acceptors (Lipinski definition) is 5. The standard InChI is InChI=1S/C42H24N4O/c1-2-10-27-22-30(18-15-25(27)8-1)40-44-41(31-19-20-33-28(23-31)17-16-26-9-3-4-12-32(26)33)46-42(45-40)35-24-29-11-7-21-43-38(29)37-34-13-5-6-14-36(34)47-39(35)37/h1-24H. The third kappa shape index (κ3) is 4.10. The van der Waals surface area contributed by atoms with Crippen LogP contribution in [0.15, 0.2) is 150 Å². The largest absolute Gasteiger partial charge is 0.455 e. The van der Waals surface area contributed by atoms with Crippen molar-refractivity contribution in [2.45, 2.75) is 0 Å². The van der Waals surface area contributed by atoms with Gasteiger partial charge in [0, 0.05) is 28.1 Å². The minimum absolute atomic E-state index is 0.548. The molecule has 0 N–H and O–H groups in total. The summed E-state index contributed by atoms with van der Waals surface area (Å²) in [7, 11) is 0. The maximum atomic E-state index is 6.55. The Labute approximate surface area is 268 Å². The molecule has 5 heteroatoms. The van der Waals surface area contributed by atoms with Gasteiger partial charge in [0.15, 0.2) is 17.5 Å². The Hall–Kier alpha value is -6.46. The van der Waals surface area contributed by atoms with Crippen LogP contribution in [0.2, 0.25) is 0 Å². The van der Waals surface area contributed by atoms with Gasteiger partial charge in [-0.15, -0.1) is 0 Å². The minimum atomic E-state index is 0.548. The van der Waals surface area contributed by atoms with Crippen molar-refractivity contribution in [2.75, 3.05) is 0 Å². The minimum Gasteiger partial charge on any atom is -0.455 e. The van der Waals surface area contributed by atoms with Crippen molar-refractivity contribution in [1.82, 2.24) is 19.9 Å². The number of fused-ring (bicyclic) bond motifs is 9. The summed E-state index contributed by atoms with van der Waals surface area (Å²) in [5.74, 6) is 1.75. The van der Waals surface area contributed by atoms with Crippen molar-refractivity contribution in [1.29, 1.82) is 0 Å². The Kier molecular flexibility index (Phi) is 5.51. The highest BCUT2D eigenvalue weighted by molar-refractivity contribution is 6.21. The van der Waals surface area contributed by atoms with Crippen molar-refractivity contribution in [3.63, 3.8) is 0 Å². The number of aromatic nitrogens is 4. The predicted molar refractivity (Wildman–Crippen MR) is 191 cm³/mol. The van der Waals surface area contributed by atoms with E-state index in [1.807, 2.05) is 30.5 Å². The van der Waals surface area contributed by atoms with Crippen LogP contribution >= 0.6 is 0 Å². The molecule has 0 aliphatic rings. The van der Waals surface area contributed by atoms with Crippen LogP contribution in [-0.4, -0.2) is 19.9 Å². The topological polar surface area (TPSA) is 64.7 Å². The van der Waals surface area contributed by atoms with Crippen LogP contribution in [0, 0.1) is 0 Å². The molecule has 0 fully saturated rings. The number of hydrogen-bond donors (Lipinski definition) is 0. The Balaban J connectivity index is 1.26. The Morgan fingerprint density at radius 2 is 1.04 bits per heavy atom. The van der Waals surface area contributed by atoms with Crippen LogP contribution in [-0.2, 0) is 0 Å². The summed E-state index contributed by atoms with van der Waals surface area (Å²) in [5, 5.41) is 10.0. The van der Waals surface area contributed by atoms with Crippen LogP contribution in [0.1, 0.15) is 0 Å². The van der Waals surface area contributed by atoms with E-state index in [1.165, 1.54) is 21.5 Å². The lowest BCUT2D eigenvalue weighted by atomic mass is 10.00. The molecule has 0 radical (unpaired) electrons. The number of furan rings is 1. The first-order valence-electron chi connectivity index (χ1n) is 15.6. The molecule has 0 bridgehead atoms. The first-order chi connectivity index (χ1) is 23.3. The van der Waals surface area contributed by atoms with Crippen LogP contribution in [0.4, 0.5) is 0 Å². The molecule has 0 aliphatic heterocycles. The summed E-state index contributed by atoms with van der Waals surface area (Å²) in [6.07, 6.45) is 1.82. The molecule has 0 amide bonds. The van der Waals surface area contributed by atoms with E-state index in [0.717, 1.165) is 54.7 Å². The molecule has 0 spiro atoms. The molecule has 3 aromatic heterocycles. The number of nitrogens with zero attached hydrogens (tertiary/aromatic N) is 4. The predicted octanol–water partition coefficient (Wildman–Crippen LogP) is 10.8. The average molecular weight is 601 g/mol. The van der Waals surface area contributed by atoms with E-state index in [1.54, 1.807) is 0 Å². The molecule has 10 rings (SSSR count). The lowest BCUT2D eigenvalue weighted by Crippen LogP contribution is -2.01. The second-order valence-corrected chi connectivity index (χ2v) is 11.9. The van der Waals surface area contributed by atoms with Crippen molar-refractivity contribution >= 4 is 65.2 Å². The van der Waals surface area contributed by atoms with Gasteiger partial charge >= 0.3 is 0 Å². The first-order valence-corrected chi connectivity index (χ1v) is 15.6. The fourth-order valence-electron chi connectivity index (χ4n) is 6.84. The third-order valence-electron chi connectivity index (χ3n) is 9.10. The molecule has 47 heavy (non-hydrogen) atoms. The van der Waals surface area contributed by atoms with Gasteiger partial charge in [0.05, 0.1) is 16.5 Å². The molecular formula is C42H24N4O. The summed E-state index contributed by atoms with van der Waals surface area (Å²) >= 11 is 0. The van der Waals surface area contributed by atoms with Crippen molar-refractivity contribution in [3.8, 4) is 34.2 Å². The third-order valence-corrected chi connectivity index (χ3v) is 9.10. The monoisotopic (exact) mass is 600 g/mol. The van der Waals surface area contributed by atoms with E-state index < -0.39 is 0 Å². The van der Waals surface area contributed by atoms with E-state index in [9.17, 15) is 0 Å². The van der Waals surface area contributed by atoms with Gasteiger partial charge in [0.2, 0.25) is 0 Å². The molecule has 0 saturated heterocycles. The lowest BCUT2D eigenvalue weighted by Gasteiger charge is -2.11. The average Bonchev–Trinajstić information content (AvgIpc) is 3.54. The molecule has 3 heterocycles. The van der Waals surface area contributed by atoms with Gasteiger partial charge in [0.1, 0.15) is 11.2 Å². The zero-order chi connectivity index (χ0) is 30.9. The van der Waals surface area contributed by atoms with Gasteiger partial charge in [0.25, 0.3) is 0 Å². The molecule has 7 aromatic carbocycles. The van der Waals surface area contributed by atoms with E-state index in [2.05, 4.69) is 115 Å². The first kappa shape index (κ1) is 25.8. The highest BCUT2D eigenvalue weighted by Crippen LogP contribution is 2.40. The van der Waals surface area contributed by atoms with Crippen LogP contribution < -0.4 is 0 Å². The highest BCUT2D eigenvalue weighted by atomic mass is 16.3. The Morgan fingerprint density at radius 3 is 1.91 bits per heavy atom. The number of para-hydroxylation sites is 1. The lowest BCUT2D eigenvalue weighted by molar-refractivity contribution is 0.669. The fourth-order valence-corrected chi connectivity index (χ4v) is 6.84. The number of pyridine rings is 1. The van der Waals surface area contributed by atoms with Gasteiger partial charge in [-0.3, -0.25) is 4.98 Å². The Morgan fingerprint density at radius 1 is 0.426 bits per heavy atom. The Bertz CT molecular complexity index is 2870. The second kappa shape index (κ2) is 10.0. The molecule has 5 nitrogen and oxygen atoms in total. The molecule has 0 unspecified atom stereocenters. The van der Waals surface area contributed by atoms with E-state index in [-0.39, 0.29) is 0 Å². The number of rotatable bonds is 3. The van der Waals surface area contributed by atoms with E-state index in [0.29, 0.717) is 23.1 Å². The molecule has 0 atom stereocenters. The van der Waals surface area contributed by atoms with Crippen molar-refractivity contribution in [3.05, 3.63) is 146 Å². The summed E-state index contributed by atoms with van der Waals surface area (Å²) in [4.78, 5) is 20.1. The fraction of sp³-hybridized carbons (Fsp3) is 0. The van der Waals surface area contributed by atoms with Crippen LogP contribution in [0.3, 0.4) is 0 Å². The zero-order valence-electron chi connectivity index (χ0n) is 25.1. The quantitative estimate of drug-likeness (QED) is 0.189. The summed E-state index contributed by atoms with van der Waals surface area (Å²) in [6.45, 7) is 0. The molecule has 10 aromatic rings. The van der Waals surface area contributed by atoms with E-state index >= 15 is 0 Å². The maximum Gasteiger partial charge on any atom is 0.167 e. The highest BCUT2D eigenvalue weighted by Gasteiger charge is 2.21. The molecular weight excluding hydrogens is 576 g/mol. The molecule has 218 valence electrons. The smallest absolute Gasteiger partial charge is 0.167 e. The SMILES string of the molecule is c1ccc2cc(-c3nc(-c4ccc5c(ccc6ccccc65)c4)nc(-c4cc5cccnc5c5c4oc4ccccc45)n3)ccc2c1. The second-order valence-electron chi connectivity index (χ2n) is 11.9. The van der Waals surface area contributed by atoms with Gasteiger partial charge in [-0.05, 0) is 62.6 Å². The van der Waals surface area contributed by atoms with Gasteiger partial charge in [-0.25, -0.2) is 15.0 Å². The van der Waals surface area contributed by atoms with Gasteiger partial charge in [-0.1, -0.05) is 109 Å².